The first-order chi connectivity index (χ1) is 8.86. The van der Waals surface area contributed by atoms with Crippen LogP contribution in [-0.4, -0.2) is 17.8 Å². The summed E-state index contributed by atoms with van der Waals surface area (Å²) in [6.07, 6.45) is 7.02. The van der Waals surface area contributed by atoms with Crippen LogP contribution in [0.15, 0.2) is 29.2 Å². The zero-order chi connectivity index (χ0) is 12.4. The SMILES string of the molecule is CCNC(CCC1CC1)C1Cc2ccccc2S1. The summed E-state index contributed by atoms with van der Waals surface area (Å²) in [5.41, 5.74) is 1.56. The Kier molecular flexibility index (Phi) is 3.95. The van der Waals surface area contributed by atoms with Crippen molar-refractivity contribution in [3.8, 4) is 0 Å². The molecular weight excluding hydrogens is 238 g/mol. The summed E-state index contributed by atoms with van der Waals surface area (Å²) in [5, 5.41) is 4.47. The zero-order valence-electron chi connectivity index (χ0n) is 11.2. The van der Waals surface area contributed by atoms with Gasteiger partial charge in [-0.15, -0.1) is 11.8 Å². The molecule has 3 rings (SSSR count). The van der Waals surface area contributed by atoms with Crippen LogP contribution in [0.25, 0.3) is 0 Å². The summed E-state index contributed by atoms with van der Waals surface area (Å²) in [4.78, 5) is 1.51. The Hall–Kier alpha value is -0.470. The predicted octanol–water partition coefficient (Wildman–Crippen LogP) is 3.87. The Morgan fingerprint density at radius 1 is 1.33 bits per heavy atom. The molecule has 98 valence electrons. The van der Waals surface area contributed by atoms with Gasteiger partial charge in [-0.25, -0.2) is 0 Å². The minimum absolute atomic E-state index is 0.702. The highest BCUT2D eigenvalue weighted by molar-refractivity contribution is 8.00. The maximum Gasteiger partial charge on any atom is 0.0289 e. The second-order valence-electron chi connectivity index (χ2n) is 5.65. The Balaban J connectivity index is 1.61. The van der Waals surface area contributed by atoms with Gasteiger partial charge in [0, 0.05) is 16.2 Å². The first-order valence-corrected chi connectivity index (χ1v) is 8.22. The fourth-order valence-corrected chi connectivity index (χ4v) is 4.38. The molecule has 18 heavy (non-hydrogen) atoms. The van der Waals surface area contributed by atoms with Gasteiger partial charge in [-0.05, 0) is 43.4 Å². The molecule has 1 nitrogen and oxygen atoms in total. The normalized spacial score (nSPS) is 23.9. The molecule has 1 N–H and O–H groups in total. The van der Waals surface area contributed by atoms with E-state index in [0.717, 1.165) is 17.7 Å². The Bertz CT molecular complexity index is 375. The lowest BCUT2D eigenvalue weighted by atomic mass is 10.00. The second-order valence-corrected chi connectivity index (χ2v) is 6.93. The second kappa shape index (κ2) is 5.66. The van der Waals surface area contributed by atoms with Crippen LogP contribution in [0.1, 0.15) is 38.2 Å². The van der Waals surface area contributed by atoms with Crippen LogP contribution in [0.4, 0.5) is 0 Å². The number of hydrogen-bond acceptors (Lipinski definition) is 2. The van der Waals surface area contributed by atoms with Crippen molar-refractivity contribution < 1.29 is 0 Å². The molecular formula is C16H23NS. The van der Waals surface area contributed by atoms with Gasteiger partial charge in [0.1, 0.15) is 0 Å². The molecule has 0 radical (unpaired) electrons. The number of nitrogens with one attached hydrogen (secondary N) is 1. The van der Waals surface area contributed by atoms with Crippen molar-refractivity contribution >= 4 is 11.8 Å². The summed E-state index contributed by atoms with van der Waals surface area (Å²) >= 11 is 2.09. The van der Waals surface area contributed by atoms with E-state index in [1.807, 2.05) is 0 Å². The minimum atomic E-state index is 0.702. The van der Waals surface area contributed by atoms with E-state index in [1.54, 1.807) is 5.56 Å². The van der Waals surface area contributed by atoms with Crippen molar-refractivity contribution in [1.82, 2.24) is 5.32 Å². The predicted molar refractivity (Wildman–Crippen MR) is 79.2 cm³/mol. The van der Waals surface area contributed by atoms with Crippen LogP contribution in [0.5, 0.6) is 0 Å². The Morgan fingerprint density at radius 3 is 2.89 bits per heavy atom. The van der Waals surface area contributed by atoms with Crippen LogP contribution < -0.4 is 5.32 Å². The number of fused-ring (bicyclic) bond motifs is 1. The summed E-state index contributed by atoms with van der Waals surface area (Å²) < 4.78 is 0. The van der Waals surface area contributed by atoms with Crippen molar-refractivity contribution in [2.45, 2.75) is 55.2 Å². The molecule has 1 aromatic rings. The van der Waals surface area contributed by atoms with Crippen LogP contribution >= 0.6 is 11.8 Å². The van der Waals surface area contributed by atoms with Crippen LogP contribution in [0.3, 0.4) is 0 Å². The molecule has 2 atom stereocenters. The molecule has 0 aromatic heterocycles. The molecule has 0 saturated heterocycles. The van der Waals surface area contributed by atoms with Crippen molar-refractivity contribution in [1.29, 1.82) is 0 Å². The van der Waals surface area contributed by atoms with E-state index in [-0.39, 0.29) is 0 Å². The van der Waals surface area contributed by atoms with Gasteiger partial charge < -0.3 is 5.32 Å². The fraction of sp³-hybridized carbons (Fsp3) is 0.625. The molecule has 0 amide bonds. The van der Waals surface area contributed by atoms with Crippen molar-refractivity contribution in [2.75, 3.05) is 6.54 Å². The quantitative estimate of drug-likeness (QED) is 0.834. The van der Waals surface area contributed by atoms with Crippen LogP contribution in [0.2, 0.25) is 0 Å². The molecule has 1 aromatic carbocycles. The third-order valence-electron chi connectivity index (χ3n) is 4.17. The molecule has 1 saturated carbocycles. The van der Waals surface area contributed by atoms with Crippen molar-refractivity contribution in [3.05, 3.63) is 29.8 Å². The van der Waals surface area contributed by atoms with Gasteiger partial charge in [0.25, 0.3) is 0 Å². The number of benzene rings is 1. The summed E-state index contributed by atoms with van der Waals surface area (Å²) in [6, 6.07) is 9.62. The monoisotopic (exact) mass is 261 g/mol. The first-order valence-electron chi connectivity index (χ1n) is 7.34. The van der Waals surface area contributed by atoms with E-state index < -0.39 is 0 Å². The van der Waals surface area contributed by atoms with Crippen LogP contribution in [-0.2, 0) is 6.42 Å². The summed E-state index contributed by atoms with van der Waals surface area (Å²) in [6.45, 7) is 3.33. The topological polar surface area (TPSA) is 12.0 Å². The van der Waals surface area contributed by atoms with Crippen molar-refractivity contribution in [2.24, 2.45) is 5.92 Å². The Morgan fingerprint density at radius 2 is 2.17 bits per heavy atom. The van der Waals surface area contributed by atoms with Gasteiger partial charge in [0.15, 0.2) is 0 Å². The molecule has 1 aliphatic carbocycles. The lowest BCUT2D eigenvalue weighted by Gasteiger charge is -2.23. The van der Waals surface area contributed by atoms with E-state index >= 15 is 0 Å². The number of rotatable bonds is 6. The largest absolute Gasteiger partial charge is 0.313 e. The smallest absolute Gasteiger partial charge is 0.0289 e. The van der Waals surface area contributed by atoms with E-state index in [2.05, 4.69) is 48.3 Å². The van der Waals surface area contributed by atoms with Gasteiger partial charge in [-0.2, -0.15) is 0 Å². The molecule has 2 aliphatic rings. The number of thioether (sulfide) groups is 1. The van der Waals surface area contributed by atoms with Gasteiger partial charge in [-0.3, -0.25) is 0 Å². The van der Waals surface area contributed by atoms with E-state index in [9.17, 15) is 0 Å². The highest BCUT2D eigenvalue weighted by atomic mass is 32.2. The molecule has 2 unspecified atom stereocenters. The number of hydrogen-bond donors (Lipinski definition) is 1. The Labute approximate surface area is 115 Å². The van der Waals surface area contributed by atoms with E-state index in [0.29, 0.717) is 6.04 Å². The lowest BCUT2D eigenvalue weighted by molar-refractivity contribution is 0.452. The molecule has 1 aliphatic heterocycles. The fourth-order valence-electron chi connectivity index (χ4n) is 2.94. The van der Waals surface area contributed by atoms with Gasteiger partial charge in [0.05, 0.1) is 0 Å². The zero-order valence-corrected chi connectivity index (χ0v) is 12.0. The first kappa shape index (κ1) is 12.6. The van der Waals surface area contributed by atoms with Gasteiger partial charge >= 0.3 is 0 Å². The lowest BCUT2D eigenvalue weighted by Crippen LogP contribution is -2.38. The molecule has 0 spiro atoms. The third kappa shape index (κ3) is 2.92. The van der Waals surface area contributed by atoms with Crippen molar-refractivity contribution in [3.63, 3.8) is 0 Å². The average molecular weight is 261 g/mol. The van der Waals surface area contributed by atoms with Gasteiger partial charge in [-0.1, -0.05) is 38.0 Å². The summed E-state index contributed by atoms with van der Waals surface area (Å²) in [7, 11) is 0. The maximum absolute atomic E-state index is 3.72. The highest BCUT2D eigenvalue weighted by Crippen LogP contribution is 2.40. The average Bonchev–Trinajstić information content (AvgIpc) is 3.11. The highest BCUT2D eigenvalue weighted by Gasteiger charge is 2.30. The maximum atomic E-state index is 3.72. The van der Waals surface area contributed by atoms with E-state index in [1.165, 1.54) is 37.0 Å². The summed E-state index contributed by atoms with van der Waals surface area (Å²) in [5.74, 6) is 1.06. The standard InChI is InChI=1S/C16H23NS/c1-2-17-14(10-9-12-7-8-12)16-11-13-5-3-4-6-15(13)18-16/h3-6,12,14,16-17H,2,7-11H2,1H3. The molecule has 0 bridgehead atoms. The molecule has 1 heterocycles. The minimum Gasteiger partial charge on any atom is -0.313 e. The molecule has 1 fully saturated rings. The third-order valence-corrected chi connectivity index (χ3v) is 5.62. The van der Waals surface area contributed by atoms with Gasteiger partial charge in [0.2, 0.25) is 0 Å². The van der Waals surface area contributed by atoms with Crippen LogP contribution in [0, 0.1) is 5.92 Å². The molecule has 2 heteroatoms. The van der Waals surface area contributed by atoms with E-state index in [4.69, 9.17) is 0 Å².